The van der Waals surface area contributed by atoms with Gasteiger partial charge in [0.1, 0.15) is 5.82 Å². The van der Waals surface area contributed by atoms with E-state index in [4.69, 9.17) is 5.11 Å². The Morgan fingerprint density at radius 3 is 2.73 bits per heavy atom. The number of aromatic nitrogens is 2. The second kappa shape index (κ2) is 5.11. The van der Waals surface area contributed by atoms with E-state index in [1.54, 1.807) is 11.8 Å². The Labute approximate surface area is 93.1 Å². The highest BCUT2D eigenvalue weighted by molar-refractivity contribution is 7.97. The van der Waals surface area contributed by atoms with Gasteiger partial charge in [0.2, 0.25) is 0 Å². The van der Waals surface area contributed by atoms with E-state index in [9.17, 15) is 4.79 Å². The van der Waals surface area contributed by atoms with Crippen molar-refractivity contribution < 1.29 is 9.90 Å². The van der Waals surface area contributed by atoms with Crippen LogP contribution >= 0.6 is 11.8 Å². The number of aromatic carboxylic acids is 1. The highest BCUT2D eigenvalue weighted by Gasteiger charge is 2.15. The zero-order valence-corrected chi connectivity index (χ0v) is 9.84. The van der Waals surface area contributed by atoms with Crippen LogP contribution in [0.2, 0.25) is 0 Å². The Kier molecular flexibility index (Phi) is 4.08. The molecule has 0 radical (unpaired) electrons. The van der Waals surface area contributed by atoms with E-state index < -0.39 is 5.97 Å². The van der Waals surface area contributed by atoms with Crippen molar-refractivity contribution in [2.24, 2.45) is 0 Å². The Bertz CT molecular complexity index is 366. The summed E-state index contributed by atoms with van der Waals surface area (Å²) in [6.45, 7) is 3.86. The molecule has 0 amide bonds. The van der Waals surface area contributed by atoms with Crippen molar-refractivity contribution in [1.29, 1.82) is 0 Å². The predicted molar refractivity (Wildman–Crippen MR) is 60.3 cm³/mol. The number of carboxylic acids is 1. The van der Waals surface area contributed by atoms with Crippen LogP contribution in [-0.4, -0.2) is 27.3 Å². The number of hydrogen-bond donors (Lipinski definition) is 1. The van der Waals surface area contributed by atoms with Gasteiger partial charge in [0, 0.05) is 6.20 Å². The lowest BCUT2D eigenvalue weighted by Crippen LogP contribution is -2.09. The first-order valence-corrected chi connectivity index (χ1v) is 6.03. The maximum atomic E-state index is 10.9. The van der Waals surface area contributed by atoms with E-state index in [1.807, 2.05) is 20.1 Å². The summed E-state index contributed by atoms with van der Waals surface area (Å²) in [6, 6.07) is 0. The van der Waals surface area contributed by atoms with Crippen molar-refractivity contribution in [3.8, 4) is 0 Å². The van der Waals surface area contributed by atoms with E-state index in [0.29, 0.717) is 17.3 Å². The molecule has 1 N–H and O–H groups in total. The van der Waals surface area contributed by atoms with Crippen LogP contribution < -0.4 is 0 Å². The summed E-state index contributed by atoms with van der Waals surface area (Å²) in [5.74, 6) is 0.532. The number of nitrogens with zero attached hydrogens (tertiary/aromatic N) is 2. The SMILES string of the molecule is CSCc1ncc(C(=O)O)c(C(C)C)n1. The molecule has 1 aromatic rings. The van der Waals surface area contributed by atoms with Crippen LogP contribution in [0.5, 0.6) is 0 Å². The Morgan fingerprint density at radius 2 is 2.27 bits per heavy atom. The molecule has 0 aliphatic rings. The van der Waals surface area contributed by atoms with Crippen LogP contribution in [0.25, 0.3) is 0 Å². The maximum Gasteiger partial charge on any atom is 0.339 e. The van der Waals surface area contributed by atoms with Gasteiger partial charge in [-0.1, -0.05) is 13.8 Å². The number of carbonyl (C=O) groups is 1. The van der Waals surface area contributed by atoms with Crippen molar-refractivity contribution in [1.82, 2.24) is 9.97 Å². The van der Waals surface area contributed by atoms with Crippen molar-refractivity contribution in [2.75, 3.05) is 6.26 Å². The third-order valence-electron chi connectivity index (χ3n) is 1.92. The molecule has 1 heterocycles. The minimum absolute atomic E-state index is 0.0970. The Balaban J connectivity index is 3.15. The summed E-state index contributed by atoms with van der Waals surface area (Å²) in [4.78, 5) is 19.2. The molecule has 0 fully saturated rings. The highest BCUT2D eigenvalue weighted by atomic mass is 32.2. The first-order valence-electron chi connectivity index (χ1n) is 4.64. The van der Waals surface area contributed by atoms with Crippen LogP contribution in [0.4, 0.5) is 0 Å². The molecule has 0 saturated heterocycles. The van der Waals surface area contributed by atoms with Crippen LogP contribution in [0.1, 0.15) is 41.6 Å². The lowest BCUT2D eigenvalue weighted by molar-refractivity contribution is 0.0694. The van der Waals surface area contributed by atoms with Gasteiger partial charge in [0.25, 0.3) is 0 Å². The number of rotatable bonds is 4. The van der Waals surface area contributed by atoms with Gasteiger partial charge in [0.15, 0.2) is 0 Å². The molecule has 0 unspecified atom stereocenters. The molecular weight excluding hydrogens is 212 g/mol. The number of hydrogen-bond acceptors (Lipinski definition) is 4. The molecule has 0 saturated carbocycles. The van der Waals surface area contributed by atoms with Crippen molar-refractivity contribution in [3.63, 3.8) is 0 Å². The molecule has 82 valence electrons. The zero-order valence-electron chi connectivity index (χ0n) is 9.02. The summed E-state index contributed by atoms with van der Waals surface area (Å²) in [7, 11) is 0. The van der Waals surface area contributed by atoms with E-state index in [0.717, 1.165) is 0 Å². The topological polar surface area (TPSA) is 63.1 Å². The van der Waals surface area contributed by atoms with Gasteiger partial charge in [-0.2, -0.15) is 11.8 Å². The van der Waals surface area contributed by atoms with Gasteiger partial charge in [-0.15, -0.1) is 0 Å². The van der Waals surface area contributed by atoms with Gasteiger partial charge < -0.3 is 5.11 Å². The molecule has 1 aromatic heterocycles. The zero-order chi connectivity index (χ0) is 11.4. The fourth-order valence-electron chi connectivity index (χ4n) is 1.24. The molecule has 1 rings (SSSR count). The fraction of sp³-hybridized carbons (Fsp3) is 0.500. The van der Waals surface area contributed by atoms with Crippen LogP contribution in [-0.2, 0) is 5.75 Å². The summed E-state index contributed by atoms with van der Waals surface area (Å²) in [6.07, 6.45) is 3.36. The molecule has 15 heavy (non-hydrogen) atoms. The van der Waals surface area contributed by atoms with Gasteiger partial charge >= 0.3 is 5.97 Å². The van der Waals surface area contributed by atoms with E-state index >= 15 is 0 Å². The number of thioether (sulfide) groups is 1. The van der Waals surface area contributed by atoms with Crippen LogP contribution in [0.15, 0.2) is 6.20 Å². The molecule has 5 heteroatoms. The van der Waals surface area contributed by atoms with Gasteiger partial charge in [-0.25, -0.2) is 14.8 Å². The van der Waals surface area contributed by atoms with Crippen LogP contribution in [0, 0.1) is 0 Å². The van der Waals surface area contributed by atoms with Crippen molar-refractivity contribution in [3.05, 3.63) is 23.3 Å². The molecule has 0 spiro atoms. The van der Waals surface area contributed by atoms with Crippen LogP contribution in [0.3, 0.4) is 0 Å². The van der Waals surface area contributed by atoms with Gasteiger partial charge in [0.05, 0.1) is 17.0 Å². The second-order valence-electron chi connectivity index (χ2n) is 3.48. The minimum Gasteiger partial charge on any atom is -0.478 e. The average Bonchev–Trinajstić information content (AvgIpc) is 2.17. The summed E-state index contributed by atoms with van der Waals surface area (Å²) in [5, 5.41) is 8.95. The van der Waals surface area contributed by atoms with E-state index in [-0.39, 0.29) is 11.5 Å². The second-order valence-corrected chi connectivity index (χ2v) is 4.34. The first-order chi connectivity index (χ1) is 7.06. The molecule has 0 atom stereocenters. The predicted octanol–water partition coefficient (Wildman–Crippen LogP) is 2.16. The standard InChI is InChI=1S/C10H14N2O2S/c1-6(2)9-7(10(13)14)4-11-8(12-9)5-15-3/h4,6H,5H2,1-3H3,(H,13,14). The first kappa shape index (κ1) is 12.0. The summed E-state index contributed by atoms with van der Waals surface area (Å²) < 4.78 is 0. The quantitative estimate of drug-likeness (QED) is 0.852. The smallest absolute Gasteiger partial charge is 0.339 e. The monoisotopic (exact) mass is 226 g/mol. The average molecular weight is 226 g/mol. The Morgan fingerprint density at radius 1 is 1.60 bits per heavy atom. The Hall–Kier alpha value is -1.10. The molecule has 0 aromatic carbocycles. The molecule has 0 aliphatic heterocycles. The van der Waals surface area contributed by atoms with Crippen molar-refractivity contribution in [2.45, 2.75) is 25.5 Å². The van der Waals surface area contributed by atoms with Gasteiger partial charge in [-0.3, -0.25) is 0 Å². The summed E-state index contributed by atoms with van der Waals surface area (Å²) in [5.41, 5.74) is 0.816. The van der Waals surface area contributed by atoms with Crippen molar-refractivity contribution >= 4 is 17.7 Å². The lowest BCUT2D eigenvalue weighted by atomic mass is 10.1. The lowest BCUT2D eigenvalue weighted by Gasteiger charge is -2.09. The fourth-order valence-corrected chi connectivity index (χ4v) is 1.63. The molecule has 0 bridgehead atoms. The molecule has 4 nitrogen and oxygen atoms in total. The van der Waals surface area contributed by atoms with Gasteiger partial charge in [-0.05, 0) is 12.2 Å². The third-order valence-corrected chi connectivity index (χ3v) is 2.47. The van der Waals surface area contributed by atoms with E-state index in [1.165, 1.54) is 6.20 Å². The third kappa shape index (κ3) is 2.92. The minimum atomic E-state index is -0.964. The van der Waals surface area contributed by atoms with E-state index in [2.05, 4.69) is 9.97 Å². The largest absolute Gasteiger partial charge is 0.478 e. The maximum absolute atomic E-state index is 10.9. The molecule has 0 aliphatic carbocycles. The number of carboxylic acid groups (broad SMARTS) is 1. The highest BCUT2D eigenvalue weighted by Crippen LogP contribution is 2.17. The molecular formula is C10H14N2O2S. The normalized spacial score (nSPS) is 10.7. The summed E-state index contributed by atoms with van der Waals surface area (Å²) >= 11 is 1.62.